The minimum atomic E-state index is -0.958. The van der Waals surface area contributed by atoms with Crippen LogP contribution in [-0.4, -0.2) is 42.0 Å². The number of amides is 1. The third-order valence-corrected chi connectivity index (χ3v) is 7.35. The van der Waals surface area contributed by atoms with Crippen LogP contribution < -0.4 is 9.64 Å². The monoisotopic (exact) mass is 556 g/mol. The second-order valence-corrected chi connectivity index (χ2v) is 9.70. The van der Waals surface area contributed by atoms with Gasteiger partial charge in [-0.05, 0) is 55.3 Å². The number of halogens is 1. The van der Waals surface area contributed by atoms with Crippen molar-refractivity contribution in [1.82, 2.24) is 4.98 Å². The highest BCUT2D eigenvalue weighted by molar-refractivity contribution is 9.10. The van der Waals surface area contributed by atoms with Crippen LogP contribution in [0.4, 0.5) is 5.13 Å². The van der Waals surface area contributed by atoms with E-state index in [1.165, 1.54) is 19.1 Å². The van der Waals surface area contributed by atoms with Crippen molar-refractivity contribution in [2.45, 2.75) is 19.9 Å². The summed E-state index contributed by atoms with van der Waals surface area (Å²) in [7, 11) is 2.79. The number of ketones is 1. The number of rotatable bonds is 5. The van der Waals surface area contributed by atoms with E-state index in [9.17, 15) is 19.5 Å². The number of Topliss-reactive ketones (excluding diaryl/α,β-unsaturated/α-hetero) is 1. The van der Waals surface area contributed by atoms with Crippen molar-refractivity contribution in [2.24, 2.45) is 0 Å². The largest absolute Gasteiger partial charge is 0.507 e. The molecule has 1 aliphatic heterocycles. The molecule has 0 saturated carbocycles. The lowest BCUT2D eigenvalue weighted by atomic mass is 9.94. The van der Waals surface area contributed by atoms with E-state index in [1.807, 2.05) is 0 Å². The first-order chi connectivity index (χ1) is 16.7. The van der Waals surface area contributed by atoms with Crippen LogP contribution in [0.2, 0.25) is 0 Å². The second-order valence-electron chi connectivity index (χ2n) is 7.80. The van der Waals surface area contributed by atoms with E-state index in [0.717, 1.165) is 15.8 Å². The van der Waals surface area contributed by atoms with Crippen LogP contribution in [0.25, 0.3) is 5.76 Å². The number of esters is 1. The number of hydrogen-bond donors (Lipinski definition) is 1. The quantitative estimate of drug-likeness (QED) is 0.205. The lowest BCUT2D eigenvalue weighted by Crippen LogP contribution is -2.29. The Morgan fingerprint density at radius 2 is 1.80 bits per heavy atom. The van der Waals surface area contributed by atoms with Gasteiger partial charge in [-0.2, -0.15) is 0 Å². The molecule has 35 heavy (non-hydrogen) atoms. The van der Waals surface area contributed by atoms with Gasteiger partial charge in [0.2, 0.25) is 0 Å². The molecule has 1 saturated heterocycles. The topological polar surface area (TPSA) is 106 Å². The van der Waals surface area contributed by atoms with Gasteiger partial charge in [0.25, 0.3) is 5.78 Å². The first kappa shape index (κ1) is 24.6. The van der Waals surface area contributed by atoms with Gasteiger partial charge >= 0.3 is 11.9 Å². The number of benzene rings is 2. The van der Waals surface area contributed by atoms with Gasteiger partial charge in [0, 0.05) is 10.0 Å². The highest BCUT2D eigenvalue weighted by atomic mass is 79.9. The SMILES string of the molecule is COC(=O)c1sc(N2C(=O)C(=O)C(=C(O)c3ccc(OC)cc3C)C2c2ccc(Br)cc2)nc1C. The van der Waals surface area contributed by atoms with Crippen LogP contribution in [0.15, 0.2) is 52.5 Å². The Morgan fingerprint density at radius 1 is 1.11 bits per heavy atom. The van der Waals surface area contributed by atoms with Crippen LogP contribution >= 0.6 is 27.3 Å². The molecule has 1 fully saturated rings. The van der Waals surface area contributed by atoms with E-state index in [4.69, 9.17) is 9.47 Å². The number of methoxy groups -OCH3 is 2. The van der Waals surface area contributed by atoms with Gasteiger partial charge in [0.05, 0.1) is 31.5 Å². The summed E-state index contributed by atoms with van der Waals surface area (Å²) in [5, 5.41) is 11.5. The zero-order chi connectivity index (χ0) is 25.4. The van der Waals surface area contributed by atoms with Crippen molar-refractivity contribution in [2.75, 3.05) is 19.1 Å². The molecule has 0 radical (unpaired) electrons. The molecule has 2 aromatic carbocycles. The molecule has 1 unspecified atom stereocenters. The standard InChI is InChI=1S/C25H21BrN2O6S/c1-12-11-16(33-3)9-10-17(12)20(29)18-19(14-5-7-15(26)8-6-14)28(23(31)21(18)30)25-27-13(2)22(35-25)24(32)34-4/h5-11,19,29H,1-4H3. The van der Waals surface area contributed by atoms with Crippen LogP contribution in [-0.2, 0) is 14.3 Å². The zero-order valence-electron chi connectivity index (χ0n) is 19.3. The number of carbonyl (C=O) groups excluding carboxylic acids is 3. The van der Waals surface area contributed by atoms with Gasteiger partial charge in [-0.1, -0.05) is 39.4 Å². The number of carbonyl (C=O) groups is 3. The maximum absolute atomic E-state index is 13.3. The van der Waals surface area contributed by atoms with E-state index >= 15 is 0 Å². The minimum Gasteiger partial charge on any atom is -0.507 e. The molecule has 10 heteroatoms. The number of thiazole rings is 1. The molecule has 0 bridgehead atoms. The molecule has 1 aliphatic rings. The number of ether oxygens (including phenoxy) is 2. The molecular formula is C25H21BrN2O6S. The normalized spacial score (nSPS) is 17.1. The van der Waals surface area contributed by atoms with E-state index < -0.39 is 23.7 Å². The van der Waals surface area contributed by atoms with Crippen LogP contribution in [0, 0.1) is 13.8 Å². The molecule has 180 valence electrons. The van der Waals surface area contributed by atoms with Gasteiger partial charge in [0.15, 0.2) is 5.13 Å². The van der Waals surface area contributed by atoms with Gasteiger partial charge in [-0.15, -0.1) is 0 Å². The number of nitrogens with zero attached hydrogens (tertiary/aromatic N) is 2. The van der Waals surface area contributed by atoms with Crippen LogP contribution in [0.5, 0.6) is 5.75 Å². The Hall–Kier alpha value is -3.50. The molecule has 0 aliphatic carbocycles. The fourth-order valence-electron chi connectivity index (χ4n) is 3.93. The summed E-state index contributed by atoms with van der Waals surface area (Å²) in [5.74, 6) is -2.00. The number of aryl methyl sites for hydroxylation is 2. The summed E-state index contributed by atoms with van der Waals surface area (Å²) in [6.07, 6.45) is 0. The first-order valence-corrected chi connectivity index (χ1v) is 12.1. The number of aromatic nitrogens is 1. The van der Waals surface area contributed by atoms with Crippen LogP contribution in [0.3, 0.4) is 0 Å². The number of anilines is 1. The van der Waals surface area contributed by atoms with Crippen molar-refractivity contribution in [3.8, 4) is 5.75 Å². The third kappa shape index (κ3) is 4.35. The third-order valence-electron chi connectivity index (χ3n) is 5.68. The maximum Gasteiger partial charge on any atom is 0.350 e. The molecule has 4 rings (SSSR count). The van der Waals surface area contributed by atoms with Crippen molar-refractivity contribution >= 4 is 55.8 Å². The highest BCUT2D eigenvalue weighted by Crippen LogP contribution is 2.44. The Balaban J connectivity index is 1.94. The second kappa shape index (κ2) is 9.63. The summed E-state index contributed by atoms with van der Waals surface area (Å²) in [5.41, 5.74) is 1.96. The lowest BCUT2D eigenvalue weighted by Gasteiger charge is -2.23. The molecule has 1 amide bonds. The Bertz CT molecular complexity index is 1380. The van der Waals surface area contributed by atoms with Gasteiger partial charge in [-0.3, -0.25) is 14.5 Å². The van der Waals surface area contributed by atoms with Crippen molar-refractivity contribution in [1.29, 1.82) is 0 Å². The average Bonchev–Trinajstić information content (AvgIpc) is 3.35. The van der Waals surface area contributed by atoms with Crippen molar-refractivity contribution in [3.05, 3.63) is 79.8 Å². The van der Waals surface area contributed by atoms with Crippen LogP contribution in [0.1, 0.15) is 38.1 Å². The fourth-order valence-corrected chi connectivity index (χ4v) is 5.21. The lowest BCUT2D eigenvalue weighted by molar-refractivity contribution is -0.132. The fraction of sp³-hybridized carbons (Fsp3) is 0.200. The molecule has 2 heterocycles. The van der Waals surface area contributed by atoms with Crippen molar-refractivity contribution < 1.29 is 29.0 Å². The first-order valence-electron chi connectivity index (χ1n) is 10.4. The summed E-state index contributed by atoms with van der Waals surface area (Å²) < 4.78 is 10.9. The molecule has 0 spiro atoms. The number of hydrogen-bond acceptors (Lipinski definition) is 8. The van der Waals surface area contributed by atoms with E-state index in [1.54, 1.807) is 56.3 Å². The Morgan fingerprint density at radius 3 is 2.40 bits per heavy atom. The minimum absolute atomic E-state index is 0.0712. The highest BCUT2D eigenvalue weighted by Gasteiger charge is 2.48. The van der Waals surface area contributed by atoms with Crippen molar-refractivity contribution in [3.63, 3.8) is 0 Å². The summed E-state index contributed by atoms with van der Waals surface area (Å²) in [6, 6.07) is 11.1. The van der Waals surface area contributed by atoms with E-state index in [0.29, 0.717) is 28.1 Å². The summed E-state index contributed by atoms with van der Waals surface area (Å²) >= 11 is 4.35. The smallest absolute Gasteiger partial charge is 0.350 e. The molecule has 1 N–H and O–H groups in total. The predicted octanol–water partition coefficient (Wildman–Crippen LogP) is 4.94. The summed E-state index contributed by atoms with van der Waals surface area (Å²) in [4.78, 5) is 44.6. The summed E-state index contributed by atoms with van der Waals surface area (Å²) in [6.45, 7) is 3.40. The average molecular weight is 557 g/mol. The zero-order valence-corrected chi connectivity index (χ0v) is 21.7. The van der Waals surface area contributed by atoms with E-state index in [2.05, 4.69) is 20.9 Å². The predicted molar refractivity (Wildman–Crippen MR) is 135 cm³/mol. The number of aliphatic hydroxyl groups is 1. The van der Waals surface area contributed by atoms with Gasteiger partial charge in [0.1, 0.15) is 16.4 Å². The molecule has 1 atom stereocenters. The molecule has 3 aromatic rings. The molecular weight excluding hydrogens is 536 g/mol. The Labute approximate surface area is 213 Å². The number of aliphatic hydroxyl groups excluding tert-OH is 1. The van der Waals surface area contributed by atoms with Gasteiger partial charge < -0.3 is 14.6 Å². The van der Waals surface area contributed by atoms with E-state index in [-0.39, 0.29) is 21.3 Å². The molecule has 8 nitrogen and oxygen atoms in total. The maximum atomic E-state index is 13.3. The van der Waals surface area contributed by atoms with Gasteiger partial charge in [-0.25, -0.2) is 9.78 Å². The Kier molecular flexibility index (Phi) is 6.77. The molecule has 1 aromatic heterocycles.